The highest BCUT2D eigenvalue weighted by Crippen LogP contribution is 2.38. The topological polar surface area (TPSA) is 66.0 Å². The third-order valence-corrected chi connectivity index (χ3v) is 4.99. The number of nitrogens with zero attached hydrogens (tertiary/aromatic N) is 2. The first kappa shape index (κ1) is 13.6. The molecule has 1 amide bonds. The van der Waals surface area contributed by atoms with Gasteiger partial charge in [-0.25, -0.2) is 5.43 Å². The largest absolute Gasteiger partial charge is 0.483 e. The summed E-state index contributed by atoms with van der Waals surface area (Å²) in [6.45, 7) is 6.69. The highest BCUT2D eigenvalue weighted by Gasteiger charge is 2.35. The number of benzene rings is 1. The van der Waals surface area contributed by atoms with Gasteiger partial charge < -0.3 is 15.0 Å². The van der Waals surface area contributed by atoms with E-state index in [1.807, 2.05) is 17.9 Å². The number of carbonyl (C=O) groups excluding carboxylic acids is 1. The van der Waals surface area contributed by atoms with Crippen molar-refractivity contribution < 1.29 is 9.53 Å². The minimum atomic E-state index is -0.272. The summed E-state index contributed by atoms with van der Waals surface area (Å²) >= 11 is 0. The monoisotopic (exact) mass is 300 g/mol. The molecule has 3 aliphatic heterocycles. The molecule has 0 radical (unpaired) electrons. The molecular weight excluding hydrogens is 280 g/mol. The number of fused-ring (bicyclic) bond motifs is 3. The lowest BCUT2D eigenvalue weighted by Crippen LogP contribution is -2.55. The summed E-state index contributed by atoms with van der Waals surface area (Å²) in [6.07, 6.45) is 0. The molecule has 4 rings (SSSR count). The molecule has 0 saturated carbocycles. The van der Waals surface area contributed by atoms with Crippen LogP contribution in [0.1, 0.15) is 25.3 Å². The van der Waals surface area contributed by atoms with Crippen LogP contribution in [-0.2, 0) is 4.79 Å². The molecule has 2 N–H and O–H groups in total. The summed E-state index contributed by atoms with van der Waals surface area (Å²) < 4.78 is 5.78. The summed E-state index contributed by atoms with van der Waals surface area (Å²) in [5.41, 5.74) is 4.79. The summed E-state index contributed by atoms with van der Waals surface area (Å²) in [4.78, 5) is 13.9. The third kappa shape index (κ3) is 1.98. The Hall–Kier alpha value is -2.08. The number of ether oxygens (including phenoxy) is 1. The fourth-order valence-electron chi connectivity index (χ4n) is 3.26. The van der Waals surface area contributed by atoms with Gasteiger partial charge in [0.25, 0.3) is 5.91 Å². The Bertz CT molecular complexity index is 654. The van der Waals surface area contributed by atoms with Crippen molar-refractivity contribution in [2.45, 2.75) is 25.8 Å². The van der Waals surface area contributed by atoms with E-state index in [2.05, 4.69) is 34.9 Å². The number of hydrazone groups is 1. The summed E-state index contributed by atoms with van der Waals surface area (Å²) in [7, 11) is 0. The van der Waals surface area contributed by atoms with Gasteiger partial charge in [0.15, 0.2) is 5.84 Å². The van der Waals surface area contributed by atoms with Crippen molar-refractivity contribution in [1.82, 2.24) is 10.7 Å². The molecule has 3 aliphatic rings. The standard InChI is InChI=1S/C16H20N4O2/c1-9(12-6-17-7-12)11-3-4-14-13(5-11)20-10(2)16(21)19-18-15(20)8-22-14/h3-5,9-10,12,17H,6-8H2,1-2H3,(H,19,21)/t9-,10+/m0/s1. The average molecular weight is 300 g/mol. The fourth-order valence-corrected chi connectivity index (χ4v) is 3.26. The summed E-state index contributed by atoms with van der Waals surface area (Å²) in [5.74, 6) is 2.66. The van der Waals surface area contributed by atoms with Crippen molar-refractivity contribution in [3.63, 3.8) is 0 Å². The molecule has 2 atom stereocenters. The first-order valence-electron chi connectivity index (χ1n) is 7.78. The van der Waals surface area contributed by atoms with Gasteiger partial charge in [-0.15, -0.1) is 0 Å². The van der Waals surface area contributed by atoms with Gasteiger partial charge in [-0.2, -0.15) is 5.10 Å². The van der Waals surface area contributed by atoms with Crippen LogP contribution >= 0.6 is 0 Å². The Morgan fingerprint density at radius 3 is 2.95 bits per heavy atom. The normalized spacial score (nSPS) is 25.2. The van der Waals surface area contributed by atoms with Crippen LogP contribution in [0.3, 0.4) is 0 Å². The number of anilines is 1. The van der Waals surface area contributed by atoms with Crippen LogP contribution in [-0.4, -0.2) is 37.5 Å². The second kappa shape index (κ2) is 4.98. The number of nitrogens with one attached hydrogen (secondary N) is 2. The lowest BCUT2D eigenvalue weighted by molar-refractivity contribution is -0.122. The number of carbonyl (C=O) groups is 1. The lowest BCUT2D eigenvalue weighted by Gasteiger charge is -2.39. The Kier molecular flexibility index (Phi) is 3.07. The first-order chi connectivity index (χ1) is 10.6. The number of hydrogen-bond acceptors (Lipinski definition) is 5. The predicted octanol–water partition coefficient (Wildman–Crippen LogP) is 1.04. The molecule has 0 aliphatic carbocycles. The zero-order valence-corrected chi connectivity index (χ0v) is 12.8. The molecule has 6 nitrogen and oxygen atoms in total. The minimum Gasteiger partial charge on any atom is -0.483 e. The number of amidine groups is 1. The van der Waals surface area contributed by atoms with Crippen LogP contribution in [0.2, 0.25) is 0 Å². The van der Waals surface area contributed by atoms with Gasteiger partial charge in [-0.3, -0.25) is 4.79 Å². The predicted molar refractivity (Wildman–Crippen MR) is 84.2 cm³/mol. The SMILES string of the molecule is C[C@@H]1C(=O)NN=C2COc3ccc([C@H](C)C4CNC4)cc3N21. The Balaban J connectivity index is 1.73. The van der Waals surface area contributed by atoms with Crippen molar-refractivity contribution in [3.05, 3.63) is 23.8 Å². The molecular formula is C16H20N4O2. The zero-order chi connectivity index (χ0) is 15.3. The minimum absolute atomic E-state index is 0.0850. The Labute approximate surface area is 129 Å². The molecule has 0 bridgehead atoms. The van der Waals surface area contributed by atoms with E-state index in [1.165, 1.54) is 5.56 Å². The van der Waals surface area contributed by atoms with E-state index in [9.17, 15) is 4.79 Å². The number of rotatable bonds is 2. The molecule has 0 spiro atoms. The van der Waals surface area contributed by atoms with Gasteiger partial charge in [-0.05, 0) is 49.5 Å². The van der Waals surface area contributed by atoms with Crippen LogP contribution in [0.4, 0.5) is 5.69 Å². The first-order valence-corrected chi connectivity index (χ1v) is 7.78. The molecule has 0 aromatic heterocycles. The lowest BCUT2D eigenvalue weighted by atomic mass is 9.83. The number of hydrogen-bond donors (Lipinski definition) is 2. The van der Waals surface area contributed by atoms with Gasteiger partial charge >= 0.3 is 0 Å². The molecule has 1 aromatic rings. The highest BCUT2D eigenvalue weighted by molar-refractivity contribution is 6.09. The van der Waals surface area contributed by atoms with Gasteiger partial charge in [0, 0.05) is 0 Å². The molecule has 1 fully saturated rings. The van der Waals surface area contributed by atoms with E-state index in [0.29, 0.717) is 18.4 Å². The fraction of sp³-hybridized carbons (Fsp3) is 0.500. The quantitative estimate of drug-likeness (QED) is 0.856. The second-order valence-electron chi connectivity index (χ2n) is 6.27. The van der Waals surface area contributed by atoms with E-state index in [1.54, 1.807) is 0 Å². The van der Waals surface area contributed by atoms with Gasteiger partial charge in [-0.1, -0.05) is 13.0 Å². The smallest absolute Gasteiger partial charge is 0.262 e. The van der Waals surface area contributed by atoms with Crippen LogP contribution in [0.15, 0.2) is 23.3 Å². The third-order valence-electron chi connectivity index (χ3n) is 4.99. The van der Waals surface area contributed by atoms with Gasteiger partial charge in [0.1, 0.15) is 18.4 Å². The van der Waals surface area contributed by atoms with E-state index >= 15 is 0 Å². The molecule has 1 saturated heterocycles. The molecule has 1 aromatic carbocycles. The molecule has 0 unspecified atom stereocenters. The van der Waals surface area contributed by atoms with Gasteiger partial charge in [0.2, 0.25) is 0 Å². The van der Waals surface area contributed by atoms with Crippen LogP contribution < -0.4 is 20.4 Å². The Morgan fingerprint density at radius 2 is 2.23 bits per heavy atom. The van der Waals surface area contributed by atoms with Crippen molar-refractivity contribution in [3.8, 4) is 5.75 Å². The second-order valence-corrected chi connectivity index (χ2v) is 6.27. The summed E-state index contributed by atoms with van der Waals surface area (Å²) in [6, 6.07) is 6.04. The van der Waals surface area contributed by atoms with E-state index in [-0.39, 0.29) is 11.9 Å². The molecule has 22 heavy (non-hydrogen) atoms. The van der Waals surface area contributed by atoms with E-state index < -0.39 is 0 Å². The van der Waals surface area contributed by atoms with Gasteiger partial charge in [0.05, 0.1) is 5.69 Å². The van der Waals surface area contributed by atoms with Crippen LogP contribution in [0.5, 0.6) is 5.75 Å². The average Bonchev–Trinajstić information content (AvgIpc) is 2.48. The Morgan fingerprint density at radius 1 is 1.41 bits per heavy atom. The van der Waals surface area contributed by atoms with E-state index in [4.69, 9.17) is 4.74 Å². The van der Waals surface area contributed by atoms with E-state index in [0.717, 1.165) is 30.4 Å². The van der Waals surface area contributed by atoms with Crippen LogP contribution in [0, 0.1) is 5.92 Å². The molecule has 116 valence electrons. The van der Waals surface area contributed by atoms with Crippen molar-refractivity contribution >= 4 is 17.4 Å². The van der Waals surface area contributed by atoms with Crippen molar-refractivity contribution in [2.75, 3.05) is 24.6 Å². The number of amides is 1. The molecule has 6 heteroatoms. The highest BCUT2D eigenvalue weighted by atomic mass is 16.5. The maximum absolute atomic E-state index is 11.9. The van der Waals surface area contributed by atoms with Crippen LogP contribution in [0.25, 0.3) is 0 Å². The zero-order valence-electron chi connectivity index (χ0n) is 12.8. The summed E-state index contributed by atoms with van der Waals surface area (Å²) in [5, 5.41) is 7.45. The van der Waals surface area contributed by atoms with Crippen molar-refractivity contribution in [1.29, 1.82) is 0 Å². The molecule has 3 heterocycles. The maximum Gasteiger partial charge on any atom is 0.262 e. The van der Waals surface area contributed by atoms with Crippen molar-refractivity contribution in [2.24, 2.45) is 11.0 Å². The maximum atomic E-state index is 11.9.